The molecule has 0 spiro atoms. The van der Waals surface area contributed by atoms with Crippen molar-refractivity contribution in [1.82, 2.24) is 49.7 Å². The maximum Gasteiger partial charge on any atom is 0.251 e. The number of nitrogens with two attached hydrogens (primary N) is 2. The van der Waals surface area contributed by atoms with Gasteiger partial charge >= 0.3 is 0 Å². The van der Waals surface area contributed by atoms with Gasteiger partial charge in [0.1, 0.15) is 48.1 Å². The number of aromatic nitrogens is 8. The molecule has 4 aromatic rings. The number of fused-ring (bicyclic) bond motifs is 2. The number of hydrogen-bond acceptors (Lipinski definition) is 16. The van der Waals surface area contributed by atoms with Gasteiger partial charge in [-0.3, -0.25) is 18.7 Å². The van der Waals surface area contributed by atoms with Crippen molar-refractivity contribution in [3.05, 3.63) is 25.3 Å². The number of imidazole rings is 2. The molecule has 6 heterocycles. The Morgan fingerprint density at radius 1 is 0.698 bits per heavy atom. The van der Waals surface area contributed by atoms with Crippen molar-refractivity contribution in [2.24, 2.45) is 0 Å². The van der Waals surface area contributed by atoms with Crippen molar-refractivity contribution >= 4 is 45.8 Å². The van der Waals surface area contributed by atoms with Crippen LogP contribution in [0.1, 0.15) is 12.5 Å². The highest BCUT2D eigenvalue weighted by atomic mass is 16.6. The third-order valence-corrected chi connectivity index (χ3v) is 6.81. The van der Waals surface area contributed by atoms with Gasteiger partial charge in [0.2, 0.25) is 0 Å². The average Bonchev–Trinajstić information content (AvgIpc) is 3.75. The molecule has 2 aliphatic heterocycles. The molecule has 2 amide bonds. The molecule has 4 aromatic heterocycles. The molecule has 2 unspecified atom stereocenters. The molecular formula is C22H30N12O9. The fraction of sp³-hybridized carbons (Fsp3) is 0.455. The maximum absolute atomic E-state index is 11.6. The highest BCUT2D eigenvalue weighted by molar-refractivity contribution is 5.83. The van der Waals surface area contributed by atoms with Gasteiger partial charge in [0.15, 0.2) is 47.6 Å². The fourth-order valence-corrected chi connectivity index (χ4v) is 4.61. The van der Waals surface area contributed by atoms with Crippen LogP contribution in [0, 0.1) is 0 Å². The number of likely N-dealkylation sites (N-methyl/N-ethyl adjacent to an activating group) is 2. The van der Waals surface area contributed by atoms with Gasteiger partial charge in [-0.05, 0) is 0 Å². The summed E-state index contributed by atoms with van der Waals surface area (Å²) < 4.78 is 13.7. The number of carbonyl (C=O) groups is 2. The molecule has 43 heavy (non-hydrogen) atoms. The number of rotatable bonds is 4. The zero-order valence-electron chi connectivity index (χ0n) is 22.6. The number of hydrogen-bond donors (Lipinski definition) is 8. The second kappa shape index (κ2) is 12.3. The zero-order valence-corrected chi connectivity index (χ0v) is 22.6. The molecule has 2 aliphatic rings. The molecule has 0 saturated carbocycles. The number of ether oxygens (including phenoxy) is 2. The first-order valence-corrected chi connectivity index (χ1v) is 12.4. The lowest BCUT2D eigenvalue weighted by atomic mass is 10.1. The largest absolute Gasteiger partial charge is 0.412 e. The number of nitrogens with zero attached hydrogens (tertiary/aromatic N) is 8. The summed E-state index contributed by atoms with van der Waals surface area (Å²) in [6.07, 6.45) is -4.43. The molecule has 6 rings (SSSR count). The van der Waals surface area contributed by atoms with Crippen LogP contribution in [0.2, 0.25) is 0 Å². The zero-order chi connectivity index (χ0) is 30.3. The third kappa shape index (κ3) is 5.36. The van der Waals surface area contributed by atoms with Crippen molar-refractivity contribution in [1.29, 1.82) is 0 Å². The molecular weight excluding hydrogens is 576 g/mol. The smallest absolute Gasteiger partial charge is 0.251 e. The van der Waals surface area contributed by atoms with E-state index in [1.54, 1.807) is 0 Å². The van der Waals surface area contributed by atoms with Gasteiger partial charge in [0.25, 0.3) is 11.8 Å². The van der Waals surface area contributed by atoms with E-state index in [1.165, 1.54) is 48.5 Å². The first-order chi connectivity index (χ1) is 20.1. The number of carbonyl (C=O) groups excluding carboxylic acids is 2. The van der Waals surface area contributed by atoms with Gasteiger partial charge in [0.05, 0.1) is 12.7 Å². The maximum atomic E-state index is 11.6. The molecule has 0 aliphatic carbocycles. The van der Waals surface area contributed by atoms with Crippen LogP contribution in [0.4, 0.5) is 11.6 Å². The minimum Gasteiger partial charge on any atom is -0.412 e. The van der Waals surface area contributed by atoms with Crippen molar-refractivity contribution in [3.8, 4) is 0 Å². The van der Waals surface area contributed by atoms with E-state index in [4.69, 9.17) is 20.9 Å². The van der Waals surface area contributed by atoms with E-state index in [1.807, 2.05) is 0 Å². The highest BCUT2D eigenvalue weighted by Gasteiger charge is 2.48. The summed E-state index contributed by atoms with van der Waals surface area (Å²) >= 11 is 0. The first-order valence-electron chi connectivity index (χ1n) is 12.4. The summed E-state index contributed by atoms with van der Waals surface area (Å²) in [6.45, 7) is 0. The Morgan fingerprint density at radius 2 is 1.07 bits per heavy atom. The molecule has 232 valence electrons. The van der Waals surface area contributed by atoms with Gasteiger partial charge in [-0.1, -0.05) is 0 Å². The van der Waals surface area contributed by atoms with Gasteiger partial charge in [0, 0.05) is 14.1 Å². The van der Waals surface area contributed by atoms with Crippen molar-refractivity contribution in [2.45, 2.75) is 49.1 Å². The number of aliphatic hydroxyl groups is 4. The molecule has 2 saturated heterocycles. The minimum atomic E-state index is -1.36. The van der Waals surface area contributed by atoms with Crippen molar-refractivity contribution in [3.63, 3.8) is 0 Å². The van der Waals surface area contributed by atoms with Crippen LogP contribution >= 0.6 is 0 Å². The lowest BCUT2D eigenvalue weighted by Gasteiger charge is -2.16. The predicted molar refractivity (Wildman–Crippen MR) is 143 cm³/mol. The Hall–Kier alpha value is -4.64. The van der Waals surface area contributed by atoms with Crippen LogP contribution in [0.25, 0.3) is 22.3 Å². The van der Waals surface area contributed by atoms with E-state index >= 15 is 0 Å². The summed E-state index contributed by atoms with van der Waals surface area (Å²) in [7, 11) is 2.83. The van der Waals surface area contributed by atoms with E-state index < -0.39 is 60.9 Å². The normalized spacial score (nSPS) is 28.2. The number of nitrogens with one attached hydrogen (secondary N) is 2. The Labute approximate surface area is 240 Å². The number of nitrogen functional groups attached to an aromatic ring is 2. The molecule has 21 nitrogen and oxygen atoms in total. The van der Waals surface area contributed by atoms with Crippen LogP contribution in [0.5, 0.6) is 0 Å². The average molecular weight is 607 g/mol. The summed E-state index contributed by atoms with van der Waals surface area (Å²) in [6, 6.07) is 0. The standard InChI is InChI=1S/2C11H14N6O4.H2O/c2*1-13-10(20)7-5(18)6(19)11(21-7)17-3-16-4-8(12)14-2-15-9(4)17;/h2*2-3,5-7,11,18-19H,1H3,(H,13,20)(H2,12,14,15);1H2/t2*5-,6+,7-,11?;/m00./s1. The first kappa shape index (κ1) is 31.3. The van der Waals surface area contributed by atoms with Crippen LogP contribution in [-0.4, -0.2) is 127 Å². The van der Waals surface area contributed by atoms with Gasteiger partial charge in [-0.2, -0.15) is 0 Å². The molecule has 8 atom stereocenters. The molecule has 12 N–H and O–H groups in total. The summed E-state index contributed by atoms with van der Waals surface area (Å²) in [5, 5.41) is 44.8. The third-order valence-electron chi connectivity index (χ3n) is 6.81. The quantitative estimate of drug-likeness (QED) is 0.107. The number of amides is 2. The number of aliphatic hydroxyl groups excluding tert-OH is 4. The summed E-state index contributed by atoms with van der Waals surface area (Å²) in [5.74, 6) is -0.672. The monoisotopic (exact) mass is 606 g/mol. The van der Waals surface area contributed by atoms with E-state index in [2.05, 4.69) is 40.5 Å². The van der Waals surface area contributed by atoms with Crippen molar-refractivity contribution < 1.29 is 45.0 Å². The van der Waals surface area contributed by atoms with Crippen LogP contribution < -0.4 is 22.1 Å². The Bertz CT molecular complexity index is 1500. The van der Waals surface area contributed by atoms with E-state index in [0.29, 0.717) is 22.3 Å². The van der Waals surface area contributed by atoms with Crippen LogP contribution in [0.15, 0.2) is 25.3 Å². The van der Waals surface area contributed by atoms with Crippen molar-refractivity contribution in [2.75, 3.05) is 25.6 Å². The minimum absolute atomic E-state index is 0. The second-order valence-electron chi connectivity index (χ2n) is 9.25. The lowest BCUT2D eigenvalue weighted by molar-refractivity contribution is -0.137. The molecule has 2 fully saturated rings. The number of anilines is 2. The summed E-state index contributed by atoms with van der Waals surface area (Å²) in [4.78, 5) is 47.0. The summed E-state index contributed by atoms with van der Waals surface area (Å²) in [5.41, 5.74) is 12.8. The fourth-order valence-electron chi connectivity index (χ4n) is 4.61. The van der Waals surface area contributed by atoms with E-state index in [-0.39, 0.29) is 17.1 Å². The predicted octanol–water partition coefficient (Wildman–Crippen LogP) is -5.28. The highest BCUT2D eigenvalue weighted by Crippen LogP contribution is 2.33. The van der Waals surface area contributed by atoms with E-state index in [9.17, 15) is 30.0 Å². The van der Waals surface area contributed by atoms with Crippen LogP contribution in [0.3, 0.4) is 0 Å². The van der Waals surface area contributed by atoms with Crippen LogP contribution in [-0.2, 0) is 19.1 Å². The second-order valence-corrected chi connectivity index (χ2v) is 9.25. The Morgan fingerprint density at radius 3 is 1.42 bits per heavy atom. The van der Waals surface area contributed by atoms with Gasteiger partial charge in [-0.15, -0.1) is 0 Å². The topological polar surface area (TPSA) is 328 Å². The van der Waals surface area contributed by atoms with Gasteiger partial charge in [-0.25, -0.2) is 29.9 Å². The van der Waals surface area contributed by atoms with E-state index in [0.717, 1.165) is 0 Å². The molecule has 0 aromatic carbocycles. The molecule has 21 heteroatoms. The lowest BCUT2D eigenvalue weighted by Crippen LogP contribution is -2.41. The molecule has 0 bridgehead atoms. The van der Waals surface area contributed by atoms with Gasteiger partial charge < -0.3 is 57.5 Å². The SMILES string of the molecule is CNC(=O)[C@H]1OC(n2cnc3c(N)ncnc32)[C@H](O)[C@@H]1O.CNC(=O)[C@H]1OC(n2cnc3c(N)ncnc32)[C@H](O)[C@@H]1O.O. The molecule has 0 radical (unpaired) electrons. The Kier molecular flexibility index (Phi) is 8.96. The Balaban J connectivity index is 0.000000192.